The Kier molecular flexibility index (Phi) is 3.16. The normalized spacial score (nSPS) is 21.1. The Morgan fingerprint density at radius 2 is 2.58 bits per heavy atom. The van der Waals surface area contributed by atoms with E-state index in [1.807, 2.05) is 0 Å². The van der Waals surface area contributed by atoms with Crippen molar-refractivity contribution in [3.63, 3.8) is 0 Å². The largest absolute Gasteiger partial charge is 0.449 e. The predicted molar refractivity (Wildman–Crippen MR) is 45.4 cm³/mol. The van der Waals surface area contributed by atoms with Gasteiger partial charge in [0.2, 0.25) is 0 Å². The molecule has 1 atom stereocenters. The number of aldehydes is 1. The van der Waals surface area contributed by atoms with Gasteiger partial charge in [-0.25, -0.2) is 4.79 Å². The van der Waals surface area contributed by atoms with Gasteiger partial charge in [-0.05, 0) is 12.3 Å². The Labute approximate surface area is 74.6 Å². The number of thioether (sulfide) groups is 1. The second-order valence-electron chi connectivity index (χ2n) is 2.05. The van der Waals surface area contributed by atoms with Crippen LogP contribution in [0.5, 0.6) is 0 Å². The molecule has 1 aliphatic heterocycles. The third-order valence-corrected chi connectivity index (χ3v) is 2.20. The van der Waals surface area contributed by atoms with Crippen LogP contribution in [0.4, 0.5) is 4.79 Å². The van der Waals surface area contributed by atoms with Crippen LogP contribution in [0.2, 0.25) is 0 Å². The average molecular weight is 187 g/mol. The fourth-order valence-electron chi connectivity index (χ4n) is 0.792. The van der Waals surface area contributed by atoms with Crippen LogP contribution in [-0.4, -0.2) is 29.3 Å². The van der Waals surface area contributed by atoms with Gasteiger partial charge in [-0.2, -0.15) is 0 Å². The minimum atomic E-state index is -0.476. The Hall–Kier alpha value is -0.970. The highest BCUT2D eigenvalue weighted by Crippen LogP contribution is 2.23. The first kappa shape index (κ1) is 9.12. The zero-order chi connectivity index (χ0) is 8.97. The van der Waals surface area contributed by atoms with E-state index in [1.165, 1.54) is 16.7 Å². The van der Waals surface area contributed by atoms with E-state index in [1.54, 1.807) is 18.5 Å². The van der Waals surface area contributed by atoms with Crippen molar-refractivity contribution in [3.8, 4) is 0 Å². The molecule has 0 aromatic carbocycles. The number of rotatable bonds is 2. The maximum atomic E-state index is 11.1. The van der Waals surface area contributed by atoms with Crippen LogP contribution in [0.25, 0.3) is 0 Å². The first-order valence-corrected chi connectivity index (χ1v) is 4.46. The highest BCUT2D eigenvalue weighted by molar-refractivity contribution is 8.03. The van der Waals surface area contributed by atoms with Gasteiger partial charge in [-0.3, -0.25) is 4.90 Å². The van der Waals surface area contributed by atoms with Gasteiger partial charge in [0.25, 0.3) is 0 Å². The third-order valence-electron chi connectivity index (χ3n) is 1.31. The van der Waals surface area contributed by atoms with Crippen molar-refractivity contribution < 1.29 is 14.3 Å². The Balaban J connectivity index is 2.54. The van der Waals surface area contributed by atoms with Gasteiger partial charge in [-0.15, -0.1) is 0 Å². The molecule has 0 saturated carbocycles. The van der Waals surface area contributed by atoms with Crippen molar-refractivity contribution in [2.45, 2.75) is 12.3 Å². The zero-order valence-electron chi connectivity index (χ0n) is 6.60. The molecule has 0 aromatic heterocycles. The first-order valence-electron chi connectivity index (χ1n) is 3.52. The summed E-state index contributed by atoms with van der Waals surface area (Å²) in [6, 6.07) is 0. The maximum Gasteiger partial charge on any atom is 0.415 e. The minimum absolute atomic E-state index is 0.319. The van der Waals surface area contributed by atoms with Crippen LogP contribution < -0.4 is 0 Å². The van der Waals surface area contributed by atoms with Gasteiger partial charge in [0.1, 0.15) is 5.37 Å². The maximum absolute atomic E-state index is 11.1. The van der Waals surface area contributed by atoms with Crippen molar-refractivity contribution in [1.82, 2.24) is 4.90 Å². The third kappa shape index (κ3) is 1.79. The predicted octanol–water partition coefficient (Wildman–Crippen LogP) is 1.19. The summed E-state index contributed by atoms with van der Waals surface area (Å²) in [5.41, 5.74) is 0. The number of hydrogen-bond donors (Lipinski definition) is 0. The van der Waals surface area contributed by atoms with Gasteiger partial charge in [0, 0.05) is 6.20 Å². The van der Waals surface area contributed by atoms with E-state index in [9.17, 15) is 9.59 Å². The molecule has 0 bridgehead atoms. The summed E-state index contributed by atoms with van der Waals surface area (Å²) < 4.78 is 4.72. The molecule has 0 aromatic rings. The van der Waals surface area contributed by atoms with E-state index in [4.69, 9.17) is 4.74 Å². The van der Waals surface area contributed by atoms with Crippen LogP contribution in [-0.2, 0) is 9.53 Å². The summed E-state index contributed by atoms with van der Waals surface area (Å²) >= 11 is 1.28. The molecule has 0 saturated heterocycles. The van der Waals surface area contributed by atoms with E-state index >= 15 is 0 Å². The van der Waals surface area contributed by atoms with Gasteiger partial charge in [0.05, 0.1) is 6.61 Å². The van der Waals surface area contributed by atoms with Crippen LogP contribution in [0.3, 0.4) is 0 Å². The minimum Gasteiger partial charge on any atom is -0.449 e. The van der Waals surface area contributed by atoms with E-state index in [-0.39, 0.29) is 0 Å². The van der Waals surface area contributed by atoms with Crippen LogP contribution in [0, 0.1) is 0 Å². The van der Waals surface area contributed by atoms with Crippen molar-refractivity contribution in [3.05, 3.63) is 11.6 Å². The number of hydrogen-bond acceptors (Lipinski definition) is 4. The number of amides is 1. The lowest BCUT2D eigenvalue weighted by Crippen LogP contribution is -2.32. The SMILES string of the molecule is CCOC(=O)N1C=CSC1C=O. The molecule has 0 aliphatic carbocycles. The van der Waals surface area contributed by atoms with Crippen LogP contribution >= 0.6 is 11.8 Å². The standard InChI is InChI=1S/C7H9NO3S/c1-2-11-7(10)8-3-4-12-6(8)5-9/h3-6H,2H2,1H3. The molecular formula is C7H9NO3S. The van der Waals surface area contributed by atoms with Gasteiger partial charge >= 0.3 is 6.09 Å². The fraction of sp³-hybridized carbons (Fsp3) is 0.429. The van der Waals surface area contributed by atoms with Crippen LogP contribution in [0.1, 0.15) is 6.92 Å². The van der Waals surface area contributed by atoms with E-state index in [0.717, 1.165) is 0 Å². The van der Waals surface area contributed by atoms with Crippen molar-refractivity contribution in [1.29, 1.82) is 0 Å². The smallest absolute Gasteiger partial charge is 0.415 e. The lowest BCUT2D eigenvalue weighted by atomic mass is 10.6. The molecule has 5 heteroatoms. The van der Waals surface area contributed by atoms with Gasteiger partial charge < -0.3 is 9.53 Å². The lowest BCUT2D eigenvalue weighted by Gasteiger charge is -2.16. The first-order chi connectivity index (χ1) is 5.79. The van der Waals surface area contributed by atoms with Crippen molar-refractivity contribution in [2.75, 3.05) is 6.61 Å². The highest BCUT2D eigenvalue weighted by Gasteiger charge is 2.25. The number of carbonyl (C=O) groups is 2. The summed E-state index contributed by atoms with van der Waals surface area (Å²) in [4.78, 5) is 22.8. The molecule has 1 heterocycles. The Morgan fingerprint density at radius 3 is 3.17 bits per heavy atom. The molecule has 66 valence electrons. The molecule has 12 heavy (non-hydrogen) atoms. The number of ether oxygens (including phenoxy) is 1. The Morgan fingerprint density at radius 1 is 1.83 bits per heavy atom. The lowest BCUT2D eigenvalue weighted by molar-refractivity contribution is -0.109. The zero-order valence-corrected chi connectivity index (χ0v) is 7.41. The van der Waals surface area contributed by atoms with Gasteiger partial charge in [-0.1, -0.05) is 11.8 Å². The Bertz CT molecular complexity index is 217. The van der Waals surface area contributed by atoms with Gasteiger partial charge in [0.15, 0.2) is 6.29 Å². The molecule has 1 rings (SSSR count). The molecule has 0 fully saturated rings. The molecule has 4 nitrogen and oxygen atoms in total. The van der Waals surface area contributed by atoms with Crippen molar-refractivity contribution >= 4 is 24.1 Å². The molecule has 1 aliphatic rings. The summed E-state index contributed by atoms with van der Waals surface area (Å²) in [5.74, 6) is 0. The monoisotopic (exact) mass is 187 g/mol. The second-order valence-corrected chi connectivity index (χ2v) is 3.08. The molecule has 0 N–H and O–H groups in total. The molecule has 1 unspecified atom stereocenters. The summed E-state index contributed by atoms with van der Waals surface area (Å²) in [6.45, 7) is 2.04. The number of carbonyl (C=O) groups excluding carboxylic acids is 2. The van der Waals surface area contributed by atoms with E-state index in [2.05, 4.69) is 0 Å². The number of nitrogens with zero attached hydrogens (tertiary/aromatic N) is 1. The summed E-state index contributed by atoms with van der Waals surface area (Å²) in [5, 5.41) is 1.24. The van der Waals surface area contributed by atoms with Crippen LogP contribution in [0.15, 0.2) is 11.6 Å². The summed E-state index contributed by atoms with van der Waals surface area (Å²) in [7, 11) is 0. The highest BCUT2D eigenvalue weighted by atomic mass is 32.2. The fourth-order valence-corrected chi connectivity index (χ4v) is 1.51. The molecule has 0 radical (unpaired) electrons. The van der Waals surface area contributed by atoms with E-state index < -0.39 is 11.5 Å². The van der Waals surface area contributed by atoms with E-state index in [0.29, 0.717) is 12.9 Å². The quantitative estimate of drug-likeness (QED) is 0.609. The molecule has 1 amide bonds. The summed E-state index contributed by atoms with van der Waals surface area (Å²) in [6.07, 6.45) is 1.78. The van der Waals surface area contributed by atoms with Crippen molar-refractivity contribution in [2.24, 2.45) is 0 Å². The molecule has 0 spiro atoms. The average Bonchev–Trinajstić information content (AvgIpc) is 2.51. The topological polar surface area (TPSA) is 46.6 Å². The molecular weight excluding hydrogens is 178 g/mol. The second kappa shape index (κ2) is 4.15.